The highest BCUT2D eigenvalue weighted by Gasteiger charge is 2.14. The van der Waals surface area contributed by atoms with Crippen LogP contribution in [0.15, 0.2) is 18.2 Å². The lowest BCUT2D eigenvalue weighted by Crippen LogP contribution is -2.22. The van der Waals surface area contributed by atoms with E-state index >= 15 is 0 Å². The van der Waals surface area contributed by atoms with Gasteiger partial charge in [-0.1, -0.05) is 11.6 Å². The maximum absolute atomic E-state index is 11.5. The molecule has 0 aliphatic rings. The van der Waals surface area contributed by atoms with Crippen molar-refractivity contribution >= 4 is 23.3 Å². The Hall–Kier alpha value is -1.30. The van der Waals surface area contributed by atoms with Gasteiger partial charge in [0, 0.05) is 5.69 Å². The SMILES string of the molecule is Nc1ccc(Cl)c(C(=O)OCC(O)CO)c1. The Morgan fingerprint density at radius 1 is 1.56 bits per heavy atom. The van der Waals surface area contributed by atoms with Gasteiger partial charge in [-0.15, -0.1) is 0 Å². The van der Waals surface area contributed by atoms with Gasteiger partial charge in [0.15, 0.2) is 0 Å². The summed E-state index contributed by atoms with van der Waals surface area (Å²) in [7, 11) is 0. The number of anilines is 1. The van der Waals surface area contributed by atoms with Crippen LogP contribution in [0.3, 0.4) is 0 Å². The molecule has 0 fully saturated rings. The van der Waals surface area contributed by atoms with Crippen molar-refractivity contribution in [1.29, 1.82) is 0 Å². The van der Waals surface area contributed by atoms with Crippen LogP contribution in [0.4, 0.5) is 5.69 Å². The maximum atomic E-state index is 11.5. The standard InChI is InChI=1S/C10H12ClNO4/c11-9-2-1-6(12)3-8(9)10(15)16-5-7(14)4-13/h1-3,7,13-14H,4-5,12H2. The molecule has 0 saturated heterocycles. The fourth-order valence-corrected chi connectivity index (χ4v) is 1.20. The first-order chi connectivity index (χ1) is 7.54. The van der Waals surface area contributed by atoms with Gasteiger partial charge in [-0.2, -0.15) is 0 Å². The van der Waals surface area contributed by atoms with Gasteiger partial charge in [-0.05, 0) is 18.2 Å². The zero-order chi connectivity index (χ0) is 12.1. The van der Waals surface area contributed by atoms with E-state index in [0.29, 0.717) is 5.69 Å². The van der Waals surface area contributed by atoms with E-state index in [1.165, 1.54) is 12.1 Å². The van der Waals surface area contributed by atoms with E-state index in [1.54, 1.807) is 6.07 Å². The molecule has 16 heavy (non-hydrogen) atoms. The van der Waals surface area contributed by atoms with Gasteiger partial charge in [0.25, 0.3) is 0 Å². The molecule has 1 unspecified atom stereocenters. The van der Waals surface area contributed by atoms with Gasteiger partial charge in [0.05, 0.1) is 17.2 Å². The zero-order valence-electron chi connectivity index (χ0n) is 8.39. The minimum absolute atomic E-state index is 0.131. The fraction of sp³-hybridized carbons (Fsp3) is 0.300. The average molecular weight is 246 g/mol. The Balaban J connectivity index is 2.69. The number of esters is 1. The van der Waals surface area contributed by atoms with Crippen LogP contribution in [0.5, 0.6) is 0 Å². The normalized spacial score (nSPS) is 12.2. The van der Waals surface area contributed by atoms with E-state index in [2.05, 4.69) is 0 Å². The molecule has 0 radical (unpaired) electrons. The van der Waals surface area contributed by atoms with Crippen molar-refractivity contribution in [2.75, 3.05) is 18.9 Å². The van der Waals surface area contributed by atoms with Crippen molar-refractivity contribution in [2.24, 2.45) is 0 Å². The lowest BCUT2D eigenvalue weighted by atomic mass is 10.2. The van der Waals surface area contributed by atoms with Crippen LogP contribution in [0.25, 0.3) is 0 Å². The lowest BCUT2D eigenvalue weighted by Gasteiger charge is -2.09. The lowest BCUT2D eigenvalue weighted by molar-refractivity contribution is 0.00935. The second-order valence-electron chi connectivity index (χ2n) is 3.17. The number of hydrogen-bond donors (Lipinski definition) is 3. The number of aliphatic hydroxyl groups excluding tert-OH is 2. The Bertz CT molecular complexity index is 383. The average Bonchev–Trinajstić information content (AvgIpc) is 2.28. The second kappa shape index (κ2) is 5.69. The molecular weight excluding hydrogens is 234 g/mol. The van der Waals surface area contributed by atoms with Crippen molar-refractivity contribution in [3.8, 4) is 0 Å². The largest absolute Gasteiger partial charge is 0.459 e. The quantitative estimate of drug-likeness (QED) is 0.529. The summed E-state index contributed by atoms with van der Waals surface area (Å²) in [6, 6.07) is 4.42. The Labute approximate surface area is 97.4 Å². The number of ether oxygens (including phenoxy) is 1. The number of rotatable bonds is 4. The van der Waals surface area contributed by atoms with Crippen LogP contribution >= 0.6 is 11.6 Å². The number of nitrogens with two attached hydrogens (primary N) is 1. The summed E-state index contributed by atoms with van der Waals surface area (Å²) in [6.07, 6.45) is -1.09. The molecule has 1 aromatic rings. The number of benzene rings is 1. The highest BCUT2D eigenvalue weighted by atomic mass is 35.5. The third kappa shape index (κ3) is 3.37. The summed E-state index contributed by atoms with van der Waals surface area (Å²) in [4.78, 5) is 11.5. The Kier molecular flexibility index (Phi) is 4.54. The van der Waals surface area contributed by atoms with Gasteiger partial charge >= 0.3 is 5.97 Å². The molecule has 4 N–H and O–H groups in total. The Morgan fingerprint density at radius 3 is 2.88 bits per heavy atom. The van der Waals surface area contributed by atoms with Gasteiger partial charge in [0.1, 0.15) is 12.7 Å². The summed E-state index contributed by atoms with van der Waals surface area (Å²) in [5, 5.41) is 17.7. The summed E-state index contributed by atoms with van der Waals surface area (Å²) in [5.74, 6) is -0.690. The van der Waals surface area contributed by atoms with Crippen LogP contribution in [-0.2, 0) is 4.74 Å². The molecule has 0 heterocycles. The van der Waals surface area contributed by atoms with Crippen molar-refractivity contribution in [3.63, 3.8) is 0 Å². The summed E-state index contributed by atoms with van der Waals surface area (Å²) >= 11 is 5.77. The van der Waals surface area contributed by atoms with Crippen LogP contribution in [0.1, 0.15) is 10.4 Å². The van der Waals surface area contributed by atoms with E-state index in [4.69, 9.17) is 32.3 Å². The number of carbonyl (C=O) groups is 1. The molecule has 0 aliphatic heterocycles. The highest BCUT2D eigenvalue weighted by molar-refractivity contribution is 6.33. The predicted octanol–water partition coefficient (Wildman–Crippen LogP) is 0.432. The van der Waals surface area contributed by atoms with Gasteiger partial charge in [0.2, 0.25) is 0 Å². The van der Waals surface area contributed by atoms with E-state index in [9.17, 15) is 4.79 Å². The maximum Gasteiger partial charge on any atom is 0.339 e. The molecule has 1 atom stereocenters. The fourth-order valence-electron chi connectivity index (χ4n) is 1.00. The van der Waals surface area contributed by atoms with Crippen molar-refractivity contribution in [3.05, 3.63) is 28.8 Å². The van der Waals surface area contributed by atoms with Crippen molar-refractivity contribution < 1.29 is 19.7 Å². The Morgan fingerprint density at radius 2 is 2.25 bits per heavy atom. The minimum Gasteiger partial charge on any atom is -0.459 e. The van der Waals surface area contributed by atoms with E-state index < -0.39 is 18.7 Å². The number of nitrogen functional groups attached to an aromatic ring is 1. The van der Waals surface area contributed by atoms with Gasteiger partial charge < -0.3 is 20.7 Å². The molecule has 88 valence electrons. The molecule has 5 nitrogen and oxygen atoms in total. The summed E-state index contributed by atoms with van der Waals surface area (Å²) in [6.45, 7) is -0.765. The van der Waals surface area contributed by atoms with Crippen molar-refractivity contribution in [2.45, 2.75) is 6.10 Å². The van der Waals surface area contributed by atoms with E-state index in [-0.39, 0.29) is 17.2 Å². The first kappa shape index (κ1) is 12.8. The molecule has 0 spiro atoms. The molecule has 6 heteroatoms. The molecule has 0 aromatic heterocycles. The highest BCUT2D eigenvalue weighted by Crippen LogP contribution is 2.19. The number of hydrogen-bond acceptors (Lipinski definition) is 5. The molecule has 0 amide bonds. The van der Waals surface area contributed by atoms with Crippen molar-refractivity contribution in [1.82, 2.24) is 0 Å². The summed E-state index contributed by atoms with van der Waals surface area (Å²) in [5.41, 5.74) is 6.01. The van der Waals surface area contributed by atoms with Crippen LogP contribution in [0.2, 0.25) is 5.02 Å². The third-order valence-corrected chi connectivity index (χ3v) is 2.16. The monoisotopic (exact) mass is 245 g/mol. The predicted molar refractivity (Wildman–Crippen MR) is 59.2 cm³/mol. The summed E-state index contributed by atoms with van der Waals surface area (Å²) < 4.78 is 4.73. The molecule has 0 aliphatic carbocycles. The molecule has 0 saturated carbocycles. The third-order valence-electron chi connectivity index (χ3n) is 1.83. The number of aliphatic hydroxyl groups is 2. The van der Waals surface area contributed by atoms with Gasteiger partial charge in [-0.3, -0.25) is 0 Å². The smallest absolute Gasteiger partial charge is 0.339 e. The molecule has 0 bridgehead atoms. The first-order valence-electron chi connectivity index (χ1n) is 4.55. The number of carbonyl (C=O) groups excluding carboxylic acids is 1. The second-order valence-corrected chi connectivity index (χ2v) is 3.58. The zero-order valence-corrected chi connectivity index (χ0v) is 9.15. The van der Waals surface area contributed by atoms with Crippen LogP contribution < -0.4 is 5.73 Å². The molecule has 1 rings (SSSR count). The topological polar surface area (TPSA) is 92.8 Å². The molecular formula is C10H12ClNO4. The molecule has 1 aromatic carbocycles. The number of halogens is 1. The van der Waals surface area contributed by atoms with Crippen LogP contribution in [0, 0.1) is 0 Å². The van der Waals surface area contributed by atoms with E-state index in [1.807, 2.05) is 0 Å². The minimum atomic E-state index is -1.09. The van der Waals surface area contributed by atoms with Crippen LogP contribution in [-0.4, -0.2) is 35.5 Å². The van der Waals surface area contributed by atoms with Gasteiger partial charge in [-0.25, -0.2) is 4.79 Å². The van der Waals surface area contributed by atoms with E-state index in [0.717, 1.165) is 0 Å². The first-order valence-corrected chi connectivity index (χ1v) is 4.93.